The van der Waals surface area contributed by atoms with Crippen LogP contribution in [0.15, 0.2) is 45.5 Å². The lowest BCUT2D eigenvalue weighted by molar-refractivity contribution is -0.129. The fourth-order valence-corrected chi connectivity index (χ4v) is 3.86. The molecule has 0 spiro atoms. The molecule has 32 heavy (non-hydrogen) atoms. The Labute approximate surface area is 195 Å². The van der Waals surface area contributed by atoms with Crippen LogP contribution in [0.5, 0.6) is 5.75 Å². The Morgan fingerprint density at radius 1 is 1.22 bits per heavy atom. The van der Waals surface area contributed by atoms with Crippen LogP contribution in [0, 0.1) is 5.92 Å². The number of hydrogen-bond donors (Lipinski definition) is 2. The minimum Gasteiger partial charge on any atom is -0.493 e. The molecule has 1 saturated heterocycles. The Morgan fingerprint density at radius 2 is 2.06 bits per heavy atom. The van der Waals surface area contributed by atoms with E-state index in [4.69, 9.17) is 9.15 Å². The molecule has 1 unspecified atom stereocenters. The molecule has 1 fully saturated rings. The summed E-state index contributed by atoms with van der Waals surface area (Å²) < 4.78 is 11.8. The molecule has 0 radical (unpaired) electrons. The topological polar surface area (TPSA) is 101 Å². The van der Waals surface area contributed by atoms with Gasteiger partial charge in [0.15, 0.2) is 0 Å². The van der Waals surface area contributed by atoms with Gasteiger partial charge in [-0.2, -0.15) is 0 Å². The normalized spacial score (nSPS) is 15.6. The van der Waals surface area contributed by atoms with Gasteiger partial charge in [-0.3, -0.25) is 25.2 Å². The quantitative estimate of drug-likeness (QED) is 0.377. The van der Waals surface area contributed by atoms with Crippen molar-refractivity contribution in [3.05, 3.63) is 52.4 Å². The Balaban J connectivity index is 1.52. The number of carbonyl (C=O) groups is 3. The second-order valence-corrected chi connectivity index (χ2v) is 8.66. The van der Waals surface area contributed by atoms with Gasteiger partial charge in [0.05, 0.1) is 30.9 Å². The van der Waals surface area contributed by atoms with Crippen molar-refractivity contribution in [1.82, 2.24) is 15.8 Å². The molecule has 1 aromatic heterocycles. The summed E-state index contributed by atoms with van der Waals surface area (Å²) in [6, 6.07) is 8.70. The molecule has 172 valence electrons. The number of benzene rings is 1. The van der Waals surface area contributed by atoms with Gasteiger partial charge in [-0.1, -0.05) is 42.1 Å². The number of nitrogens with zero attached hydrogens (tertiary/aromatic N) is 1. The molecule has 3 rings (SSSR count). The first kappa shape index (κ1) is 23.8. The number of amides is 3. The number of ether oxygens (including phenoxy) is 1. The summed E-state index contributed by atoms with van der Waals surface area (Å²) in [7, 11) is 0. The highest BCUT2D eigenvalue weighted by atomic mass is 79.9. The van der Waals surface area contributed by atoms with Gasteiger partial charge in [0.2, 0.25) is 11.8 Å². The van der Waals surface area contributed by atoms with Crippen LogP contribution >= 0.6 is 15.9 Å². The Hall–Kier alpha value is -2.81. The Bertz CT molecular complexity index is 932. The summed E-state index contributed by atoms with van der Waals surface area (Å²) in [6.45, 7) is 3.25. The lowest BCUT2D eigenvalue weighted by Crippen LogP contribution is -2.45. The first-order chi connectivity index (χ1) is 15.5. The van der Waals surface area contributed by atoms with Crippen LogP contribution in [0.25, 0.3) is 0 Å². The van der Waals surface area contributed by atoms with Crippen molar-refractivity contribution in [2.75, 3.05) is 13.2 Å². The number of unbranched alkanes of at least 4 members (excludes halogenated alkanes) is 3. The van der Waals surface area contributed by atoms with Crippen molar-refractivity contribution in [2.24, 2.45) is 5.92 Å². The van der Waals surface area contributed by atoms with Crippen LogP contribution in [0.1, 0.15) is 55.1 Å². The summed E-state index contributed by atoms with van der Waals surface area (Å²) in [5.41, 5.74) is 5.20. The van der Waals surface area contributed by atoms with Gasteiger partial charge < -0.3 is 14.1 Å². The van der Waals surface area contributed by atoms with Crippen molar-refractivity contribution in [3.63, 3.8) is 0 Å². The largest absolute Gasteiger partial charge is 0.493 e. The van der Waals surface area contributed by atoms with Crippen molar-refractivity contribution < 1.29 is 23.5 Å². The number of likely N-dealkylation sites (tertiary alicyclic amines) is 1. The lowest BCUT2D eigenvalue weighted by atomic mass is 10.1. The zero-order chi connectivity index (χ0) is 22.9. The van der Waals surface area contributed by atoms with E-state index in [2.05, 4.69) is 33.7 Å². The minimum atomic E-state index is -0.547. The van der Waals surface area contributed by atoms with Crippen LogP contribution < -0.4 is 15.6 Å². The number of hydrazine groups is 1. The van der Waals surface area contributed by atoms with Crippen molar-refractivity contribution in [1.29, 1.82) is 0 Å². The van der Waals surface area contributed by atoms with E-state index in [1.165, 1.54) is 0 Å². The fourth-order valence-electron chi connectivity index (χ4n) is 3.50. The number of halogens is 1. The molecule has 0 bridgehead atoms. The molecule has 2 heterocycles. The highest BCUT2D eigenvalue weighted by Crippen LogP contribution is 2.24. The first-order valence-corrected chi connectivity index (χ1v) is 11.6. The van der Waals surface area contributed by atoms with E-state index in [0.717, 1.165) is 30.2 Å². The molecule has 0 saturated carbocycles. The average molecular weight is 506 g/mol. The molecule has 8 nitrogen and oxygen atoms in total. The van der Waals surface area contributed by atoms with Gasteiger partial charge in [0.25, 0.3) is 5.91 Å². The zero-order valence-electron chi connectivity index (χ0n) is 18.1. The van der Waals surface area contributed by atoms with Gasteiger partial charge in [-0.05, 0) is 36.8 Å². The van der Waals surface area contributed by atoms with Crippen LogP contribution in [0.3, 0.4) is 0 Å². The lowest BCUT2D eigenvalue weighted by Gasteiger charge is -2.16. The van der Waals surface area contributed by atoms with E-state index in [1.807, 2.05) is 0 Å². The maximum atomic E-state index is 12.7. The highest BCUT2D eigenvalue weighted by Gasteiger charge is 2.34. The Morgan fingerprint density at radius 3 is 2.81 bits per heavy atom. The van der Waals surface area contributed by atoms with Crippen molar-refractivity contribution >= 4 is 33.7 Å². The standard InChI is InChI=1S/C23H28BrN3O5/c1-2-3-4-5-10-32-20-9-8-17(24)13-19(20)23(30)26-25-22(29)16-12-21(28)27(14-16)15-18-7-6-11-31-18/h6-9,11,13,16H,2-5,10,12,14-15H2,1H3,(H,25,29)(H,26,30). The maximum absolute atomic E-state index is 12.7. The van der Waals surface area contributed by atoms with E-state index < -0.39 is 17.7 Å². The molecule has 0 aliphatic carbocycles. The molecule has 1 aromatic carbocycles. The van der Waals surface area contributed by atoms with Crippen LogP contribution in [-0.2, 0) is 16.1 Å². The number of carbonyl (C=O) groups excluding carboxylic acids is 3. The third-order valence-electron chi connectivity index (χ3n) is 5.25. The molecule has 2 aromatic rings. The van der Waals surface area contributed by atoms with Crippen molar-refractivity contribution in [2.45, 2.75) is 45.6 Å². The third-order valence-corrected chi connectivity index (χ3v) is 5.75. The summed E-state index contributed by atoms with van der Waals surface area (Å²) in [6.07, 6.45) is 5.89. The van der Waals surface area contributed by atoms with E-state index in [1.54, 1.807) is 41.5 Å². The van der Waals surface area contributed by atoms with Gasteiger partial charge in [0.1, 0.15) is 11.5 Å². The molecule has 3 amide bonds. The van der Waals surface area contributed by atoms with Crippen LogP contribution in [0.2, 0.25) is 0 Å². The van der Waals surface area contributed by atoms with Crippen LogP contribution in [-0.4, -0.2) is 35.8 Å². The van der Waals surface area contributed by atoms with E-state index >= 15 is 0 Å². The molecule has 9 heteroatoms. The predicted molar refractivity (Wildman–Crippen MR) is 122 cm³/mol. The molecular formula is C23H28BrN3O5. The molecule has 1 aliphatic rings. The van der Waals surface area contributed by atoms with E-state index in [9.17, 15) is 14.4 Å². The summed E-state index contributed by atoms with van der Waals surface area (Å²) in [5.74, 6) is -0.458. The highest BCUT2D eigenvalue weighted by molar-refractivity contribution is 9.10. The van der Waals surface area contributed by atoms with E-state index in [0.29, 0.717) is 30.2 Å². The maximum Gasteiger partial charge on any atom is 0.273 e. The van der Waals surface area contributed by atoms with Crippen molar-refractivity contribution in [3.8, 4) is 5.75 Å². The fraction of sp³-hybridized carbons (Fsp3) is 0.435. The summed E-state index contributed by atoms with van der Waals surface area (Å²) in [4.78, 5) is 39.0. The monoisotopic (exact) mass is 505 g/mol. The molecular weight excluding hydrogens is 478 g/mol. The zero-order valence-corrected chi connectivity index (χ0v) is 19.7. The first-order valence-electron chi connectivity index (χ1n) is 10.8. The molecule has 1 atom stereocenters. The van der Waals surface area contributed by atoms with Gasteiger partial charge in [0, 0.05) is 17.4 Å². The summed E-state index contributed by atoms with van der Waals surface area (Å²) in [5, 5.41) is 0. The summed E-state index contributed by atoms with van der Waals surface area (Å²) >= 11 is 3.36. The predicted octanol–water partition coefficient (Wildman–Crippen LogP) is 3.81. The number of nitrogens with one attached hydrogen (secondary N) is 2. The molecule has 1 aliphatic heterocycles. The van der Waals surface area contributed by atoms with Gasteiger partial charge in [-0.25, -0.2) is 0 Å². The van der Waals surface area contributed by atoms with Gasteiger partial charge in [-0.15, -0.1) is 0 Å². The number of furan rings is 1. The second kappa shape index (κ2) is 11.7. The molecule has 2 N–H and O–H groups in total. The third kappa shape index (κ3) is 6.59. The average Bonchev–Trinajstić information content (AvgIpc) is 3.42. The van der Waals surface area contributed by atoms with E-state index in [-0.39, 0.29) is 18.9 Å². The number of rotatable bonds is 10. The number of hydrogen-bond acceptors (Lipinski definition) is 5. The SMILES string of the molecule is CCCCCCOc1ccc(Br)cc1C(=O)NNC(=O)C1CC(=O)N(Cc2ccco2)C1. The Kier molecular flexibility index (Phi) is 8.72. The minimum absolute atomic E-state index is 0.0887. The second-order valence-electron chi connectivity index (χ2n) is 7.75. The smallest absolute Gasteiger partial charge is 0.273 e. The van der Waals surface area contributed by atoms with Crippen LogP contribution in [0.4, 0.5) is 0 Å². The van der Waals surface area contributed by atoms with Gasteiger partial charge >= 0.3 is 0 Å².